The van der Waals surface area contributed by atoms with Crippen LogP contribution in [0.3, 0.4) is 0 Å². The second kappa shape index (κ2) is 9.42. The molecule has 6 nitrogen and oxygen atoms in total. The zero-order chi connectivity index (χ0) is 18.2. The molecule has 6 heteroatoms. The Morgan fingerprint density at radius 3 is 2.76 bits per heavy atom. The van der Waals surface area contributed by atoms with Crippen molar-refractivity contribution in [3.05, 3.63) is 29.8 Å². The molecular weight excluding hydrogens is 320 g/mol. The number of methoxy groups -OCH3 is 1. The third-order valence-corrected chi connectivity index (χ3v) is 4.79. The molecular formula is C19H28N2O4. The van der Waals surface area contributed by atoms with E-state index < -0.39 is 5.97 Å². The van der Waals surface area contributed by atoms with Crippen LogP contribution in [0.25, 0.3) is 0 Å². The van der Waals surface area contributed by atoms with Gasteiger partial charge in [0.2, 0.25) is 5.91 Å². The van der Waals surface area contributed by atoms with E-state index in [1.807, 2.05) is 24.3 Å². The quantitative estimate of drug-likeness (QED) is 0.818. The van der Waals surface area contributed by atoms with Crippen molar-refractivity contribution in [2.45, 2.75) is 32.2 Å². The highest BCUT2D eigenvalue weighted by atomic mass is 16.5. The van der Waals surface area contributed by atoms with Gasteiger partial charge in [-0.25, -0.2) is 0 Å². The zero-order valence-electron chi connectivity index (χ0n) is 15.1. The fourth-order valence-corrected chi connectivity index (χ4v) is 3.32. The summed E-state index contributed by atoms with van der Waals surface area (Å²) in [5.41, 5.74) is 0.984. The number of likely N-dealkylation sites (N-methyl/N-ethyl adjacent to an activating group) is 1. The molecule has 0 saturated carbocycles. The van der Waals surface area contributed by atoms with Gasteiger partial charge in [0.15, 0.2) is 0 Å². The minimum atomic E-state index is -0.730. The average Bonchev–Trinajstić information content (AvgIpc) is 2.80. The van der Waals surface area contributed by atoms with Gasteiger partial charge in [-0.2, -0.15) is 0 Å². The van der Waals surface area contributed by atoms with Crippen LogP contribution in [0, 0.1) is 5.92 Å². The smallest absolute Gasteiger partial charge is 0.303 e. The van der Waals surface area contributed by atoms with E-state index >= 15 is 0 Å². The molecule has 0 aliphatic carbocycles. The summed E-state index contributed by atoms with van der Waals surface area (Å²) in [5, 5.41) is 8.94. The van der Waals surface area contributed by atoms with Crippen molar-refractivity contribution in [1.29, 1.82) is 0 Å². The third kappa shape index (κ3) is 6.05. The van der Waals surface area contributed by atoms with E-state index in [0.717, 1.165) is 43.7 Å². The van der Waals surface area contributed by atoms with Crippen LogP contribution < -0.4 is 4.74 Å². The summed E-state index contributed by atoms with van der Waals surface area (Å²) in [4.78, 5) is 27.3. The lowest BCUT2D eigenvalue weighted by Gasteiger charge is -2.24. The van der Waals surface area contributed by atoms with Crippen molar-refractivity contribution in [1.82, 2.24) is 9.80 Å². The molecule has 1 fully saturated rings. The van der Waals surface area contributed by atoms with Gasteiger partial charge in [0.1, 0.15) is 5.75 Å². The number of hydrogen-bond acceptors (Lipinski definition) is 4. The van der Waals surface area contributed by atoms with Gasteiger partial charge in [0.05, 0.1) is 13.7 Å². The second-order valence-electron chi connectivity index (χ2n) is 6.73. The number of para-hydroxylation sites is 1. The fraction of sp³-hybridized carbons (Fsp3) is 0.579. The number of ether oxygens (including phenoxy) is 1. The number of rotatable bonds is 7. The van der Waals surface area contributed by atoms with E-state index in [0.29, 0.717) is 13.1 Å². The van der Waals surface area contributed by atoms with Crippen molar-refractivity contribution < 1.29 is 19.4 Å². The number of carboxylic acids is 1. The first-order valence-electron chi connectivity index (χ1n) is 8.79. The Morgan fingerprint density at radius 1 is 1.28 bits per heavy atom. The summed E-state index contributed by atoms with van der Waals surface area (Å²) in [6, 6.07) is 7.71. The molecule has 1 unspecified atom stereocenters. The number of carbonyl (C=O) groups is 2. The van der Waals surface area contributed by atoms with Gasteiger partial charge < -0.3 is 14.7 Å². The number of carboxylic acid groups (broad SMARTS) is 1. The van der Waals surface area contributed by atoms with Crippen LogP contribution >= 0.6 is 0 Å². The van der Waals surface area contributed by atoms with Crippen LogP contribution in [0.4, 0.5) is 0 Å². The predicted octanol–water partition coefficient (Wildman–Crippen LogP) is 2.23. The first-order chi connectivity index (χ1) is 12.0. The van der Waals surface area contributed by atoms with E-state index in [9.17, 15) is 9.59 Å². The topological polar surface area (TPSA) is 70.1 Å². The summed E-state index contributed by atoms with van der Waals surface area (Å²) in [5.74, 6) is 0.353. The van der Waals surface area contributed by atoms with Crippen LogP contribution in [0.1, 0.15) is 31.2 Å². The van der Waals surface area contributed by atoms with Crippen molar-refractivity contribution >= 4 is 11.9 Å². The van der Waals surface area contributed by atoms with Crippen molar-refractivity contribution in [3.63, 3.8) is 0 Å². The summed E-state index contributed by atoms with van der Waals surface area (Å²) in [6.07, 6.45) is 2.95. The van der Waals surface area contributed by atoms with E-state index in [2.05, 4.69) is 4.90 Å². The lowest BCUT2D eigenvalue weighted by molar-refractivity contribution is -0.138. The number of likely N-dealkylation sites (tertiary alicyclic amines) is 1. The molecule has 25 heavy (non-hydrogen) atoms. The van der Waals surface area contributed by atoms with Gasteiger partial charge >= 0.3 is 5.97 Å². The average molecular weight is 348 g/mol. The number of benzene rings is 1. The lowest BCUT2D eigenvalue weighted by atomic mass is 9.97. The van der Waals surface area contributed by atoms with Crippen LogP contribution in [0.15, 0.2) is 24.3 Å². The largest absolute Gasteiger partial charge is 0.496 e. The van der Waals surface area contributed by atoms with Gasteiger partial charge in [0, 0.05) is 25.6 Å². The Balaban J connectivity index is 1.85. The number of amides is 1. The van der Waals surface area contributed by atoms with Crippen molar-refractivity contribution in [3.8, 4) is 5.75 Å². The van der Waals surface area contributed by atoms with Crippen LogP contribution in [0.5, 0.6) is 5.75 Å². The summed E-state index contributed by atoms with van der Waals surface area (Å²) in [7, 11) is 3.44. The maximum absolute atomic E-state index is 12.5. The first kappa shape index (κ1) is 19.2. The Bertz CT molecular complexity index is 591. The molecule has 1 heterocycles. The Kier molecular flexibility index (Phi) is 7.25. The molecule has 1 aromatic carbocycles. The number of aliphatic carboxylic acids is 1. The Hall–Kier alpha value is -2.08. The molecule has 1 N–H and O–H groups in total. The standard InChI is InChI=1S/C19H28N2O4/c1-20(13-16-7-3-4-8-17(16)25-2)18(22)14-21-10-5-6-15(9-11-21)12-19(23)24/h3-4,7-8,15H,5-6,9-14H2,1-2H3,(H,23,24). The third-order valence-electron chi connectivity index (χ3n) is 4.79. The number of hydrogen-bond donors (Lipinski definition) is 1. The molecule has 1 saturated heterocycles. The molecule has 1 aliphatic rings. The molecule has 1 atom stereocenters. The summed E-state index contributed by atoms with van der Waals surface area (Å²) >= 11 is 0. The van der Waals surface area contributed by atoms with Crippen LogP contribution in [-0.2, 0) is 16.1 Å². The van der Waals surface area contributed by atoms with E-state index in [4.69, 9.17) is 9.84 Å². The molecule has 0 spiro atoms. The van der Waals surface area contributed by atoms with Crippen LogP contribution in [-0.4, -0.2) is 60.6 Å². The zero-order valence-corrected chi connectivity index (χ0v) is 15.1. The molecule has 1 aromatic rings. The van der Waals surface area contributed by atoms with Crippen LogP contribution in [0.2, 0.25) is 0 Å². The van der Waals surface area contributed by atoms with E-state index in [1.54, 1.807) is 19.1 Å². The SMILES string of the molecule is COc1ccccc1CN(C)C(=O)CN1CCCC(CC(=O)O)CC1. The van der Waals surface area contributed by atoms with Crippen molar-refractivity contribution in [2.24, 2.45) is 5.92 Å². The molecule has 1 amide bonds. The number of nitrogens with zero attached hydrogens (tertiary/aromatic N) is 2. The minimum absolute atomic E-state index is 0.0718. The van der Waals surface area contributed by atoms with Gasteiger partial charge in [-0.3, -0.25) is 14.5 Å². The minimum Gasteiger partial charge on any atom is -0.496 e. The van der Waals surface area contributed by atoms with Gasteiger partial charge in [-0.05, 0) is 44.3 Å². The molecule has 138 valence electrons. The highest BCUT2D eigenvalue weighted by molar-refractivity contribution is 5.78. The lowest BCUT2D eigenvalue weighted by Crippen LogP contribution is -2.38. The summed E-state index contributed by atoms with van der Waals surface area (Å²) < 4.78 is 5.34. The molecule has 0 radical (unpaired) electrons. The second-order valence-corrected chi connectivity index (χ2v) is 6.73. The highest BCUT2D eigenvalue weighted by Gasteiger charge is 2.22. The Morgan fingerprint density at radius 2 is 2.04 bits per heavy atom. The normalized spacial score (nSPS) is 18.4. The van der Waals surface area contributed by atoms with Crippen molar-refractivity contribution in [2.75, 3.05) is 33.8 Å². The first-order valence-corrected chi connectivity index (χ1v) is 8.79. The molecule has 0 aromatic heterocycles. The Labute approximate surface area is 149 Å². The molecule has 2 rings (SSSR count). The fourth-order valence-electron chi connectivity index (χ4n) is 3.32. The van der Waals surface area contributed by atoms with Gasteiger partial charge in [0.25, 0.3) is 0 Å². The maximum atomic E-state index is 12.5. The monoisotopic (exact) mass is 348 g/mol. The van der Waals surface area contributed by atoms with E-state index in [1.165, 1.54) is 0 Å². The van der Waals surface area contributed by atoms with Gasteiger partial charge in [-0.1, -0.05) is 18.2 Å². The molecule has 0 bridgehead atoms. The van der Waals surface area contributed by atoms with Gasteiger partial charge in [-0.15, -0.1) is 0 Å². The highest BCUT2D eigenvalue weighted by Crippen LogP contribution is 2.21. The predicted molar refractivity (Wildman–Crippen MR) is 95.5 cm³/mol. The molecule has 1 aliphatic heterocycles. The maximum Gasteiger partial charge on any atom is 0.303 e. The number of carbonyl (C=O) groups excluding carboxylic acids is 1. The van der Waals surface area contributed by atoms with E-state index in [-0.39, 0.29) is 18.2 Å². The summed E-state index contributed by atoms with van der Waals surface area (Å²) in [6.45, 7) is 2.53.